The van der Waals surface area contributed by atoms with Crippen LogP contribution in [0, 0.1) is 0 Å². The summed E-state index contributed by atoms with van der Waals surface area (Å²) in [5.41, 5.74) is 0.828. The number of benzene rings is 1. The molecule has 1 heterocycles. The highest BCUT2D eigenvalue weighted by atomic mass is 32.2. The van der Waals surface area contributed by atoms with Crippen molar-refractivity contribution in [3.05, 3.63) is 29.8 Å². The monoisotopic (exact) mass is 411 g/mol. The number of alkyl halides is 2. The van der Waals surface area contributed by atoms with Crippen LogP contribution in [0.1, 0.15) is 43.7 Å². The lowest BCUT2D eigenvalue weighted by molar-refractivity contribution is -0.127. The van der Waals surface area contributed by atoms with Gasteiger partial charge in [0.2, 0.25) is 11.1 Å². The summed E-state index contributed by atoms with van der Waals surface area (Å²) >= 11 is 1.34. The highest BCUT2D eigenvalue weighted by molar-refractivity contribution is 7.99. The molecule has 28 heavy (non-hydrogen) atoms. The summed E-state index contributed by atoms with van der Waals surface area (Å²) in [6, 6.07) is 6.57. The zero-order valence-electron chi connectivity index (χ0n) is 15.6. The number of hydrogen-bond acceptors (Lipinski definition) is 6. The quantitative estimate of drug-likeness (QED) is 0.619. The van der Waals surface area contributed by atoms with Crippen molar-refractivity contribution in [3.63, 3.8) is 0 Å². The van der Waals surface area contributed by atoms with E-state index in [-0.39, 0.29) is 17.4 Å². The van der Waals surface area contributed by atoms with Gasteiger partial charge in [-0.15, -0.1) is 5.10 Å². The van der Waals surface area contributed by atoms with E-state index in [0.717, 1.165) is 18.4 Å². The van der Waals surface area contributed by atoms with Crippen LogP contribution in [0.15, 0.2) is 29.4 Å². The van der Waals surface area contributed by atoms with Crippen LogP contribution in [0.25, 0.3) is 0 Å². The highest BCUT2D eigenvalue weighted by Crippen LogP contribution is 2.30. The number of halogens is 2. The van der Waals surface area contributed by atoms with E-state index in [4.69, 9.17) is 0 Å². The summed E-state index contributed by atoms with van der Waals surface area (Å²) in [5.74, 6) is 0.268. The molecule has 1 fully saturated rings. The van der Waals surface area contributed by atoms with Gasteiger partial charge in [0, 0.05) is 13.6 Å². The fourth-order valence-corrected chi connectivity index (χ4v) is 4.10. The first kappa shape index (κ1) is 20.5. The predicted octanol–water partition coefficient (Wildman–Crippen LogP) is 3.53. The molecule has 0 aliphatic heterocycles. The number of thioether (sulfide) groups is 1. The van der Waals surface area contributed by atoms with Crippen LogP contribution < -0.4 is 4.74 Å². The zero-order valence-corrected chi connectivity index (χ0v) is 16.4. The second-order valence-corrected chi connectivity index (χ2v) is 7.70. The number of hydrogen-bond donors (Lipinski definition) is 0. The Bertz CT molecular complexity index is 766. The molecule has 0 bridgehead atoms. The Morgan fingerprint density at radius 2 is 2.00 bits per heavy atom. The molecule has 1 aliphatic rings. The molecule has 0 atom stereocenters. The molecule has 10 heteroatoms. The Morgan fingerprint density at radius 1 is 1.29 bits per heavy atom. The molecule has 1 amide bonds. The first-order valence-corrected chi connectivity index (χ1v) is 10.2. The summed E-state index contributed by atoms with van der Waals surface area (Å²) in [5, 5.41) is 12.6. The molecule has 0 saturated heterocycles. The van der Waals surface area contributed by atoms with E-state index in [9.17, 15) is 13.6 Å². The summed E-state index contributed by atoms with van der Waals surface area (Å²) < 4.78 is 30.6. The van der Waals surface area contributed by atoms with Gasteiger partial charge in [-0.25, -0.2) is 4.68 Å². The second kappa shape index (κ2) is 9.81. The number of aromatic nitrogens is 4. The van der Waals surface area contributed by atoms with E-state index in [0.29, 0.717) is 17.7 Å². The van der Waals surface area contributed by atoms with Gasteiger partial charge in [0.25, 0.3) is 0 Å². The average Bonchev–Trinajstić information content (AvgIpc) is 3.16. The molecule has 1 aromatic carbocycles. The van der Waals surface area contributed by atoms with Crippen molar-refractivity contribution in [1.29, 1.82) is 0 Å². The molecular formula is C18H23F2N5O2S. The van der Waals surface area contributed by atoms with Crippen LogP contribution in [-0.4, -0.2) is 50.4 Å². The van der Waals surface area contributed by atoms with Gasteiger partial charge in [-0.2, -0.15) is 8.78 Å². The first-order valence-electron chi connectivity index (χ1n) is 9.21. The summed E-state index contributed by atoms with van der Waals surface area (Å²) in [6.07, 6.45) is 5.74. The van der Waals surface area contributed by atoms with Crippen molar-refractivity contribution < 1.29 is 18.3 Å². The van der Waals surface area contributed by atoms with Crippen molar-refractivity contribution in [1.82, 2.24) is 25.1 Å². The molecule has 2 aromatic rings. The normalized spacial score (nSPS) is 15.0. The maximum atomic E-state index is 12.4. The molecule has 0 unspecified atom stereocenters. The number of carbonyl (C=O) groups is 1. The third-order valence-electron chi connectivity index (χ3n) is 4.70. The van der Waals surface area contributed by atoms with Crippen molar-refractivity contribution in [2.24, 2.45) is 0 Å². The summed E-state index contributed by atoms with van der Waals surface area (Å²) in [7, 11) is 1.70. The minimum atomic E-state index is -2.85. The van der Waals surface area contributed by atoms with Crippen LogP contribution >= 0.6 is 11.8 Å². The number of nitrogens with zero attached hydrogens (tertiary/aromatic N) is 5. The topological polar surface area (TPSA) is 73.1 Å². The minimum absolute atomic E-state index is 0.0592. The van der Waals surface area contributed by atoms with Crippen LogP contribution in [-0.2, 0) is 11.3 Å². The van der Waals surface area contributed by atoms with Crippen molar-refractivity contribution in [3.8, 4) is 5.75 Å². The van der Waals surface area contributed by atoms with E-state index in [1.807, 2.05) is 4.68 Å². The number of carbonyl (C=O) groups excluding carboxylic acids is 1. The molecule has 0 spiro atoms. The Hall–Kier alpha value is -2.23. The van der Waals surface area contributed by atoms with Gasteiger partial charge >= 0.3 is 6.61 Å². The van der Waals surface area contributed by atoms with Crippen LogP contribution in [0.3, 0.4) is 0 Å². The third kappa shape index (κ3) is 5.63. The molecule has 0 radical (unpaired) electrons. The SMILES string of the molecule is CN(Cc1ccc(OC(F)F)cc1)C(=O)CSc1nnnn1C1CCCCC1. The van der Waals surface area contributed by atoms with Gasteiger partial charge in [-0.3, -0.25) is 4.79 Å². The van der Waals surface area contributed by atoms with Crippen molar-refractivity contribution >= 4 is 17.7 Å². The number of amides is 1. The molecule has 3 rings (SSSR count). The Labute approximate surface area is 166 Å². The van der Waals surface area contributed by atoms with Crippen LogP contribution in [0.2, 0.25) is 0 Å². The smallest absolute Gasteiger partial charge is 0.387 e. The van der Waals surface area contributed by atoms with Gasteiger partial charge in [0.05, 0.1) is 11.8 Å². The lowest BCUT2D eigenvalue weighted by Gasteiger charge is -2.22. The van der Waals surface area contributed by atoms with Crippen molar-refractivity contribution in [2.75, 3.05) is 12.8 Å². The molecule has 1 aromatic heterocycles. The fourth-order valence-electron chi connectivity index (χ4n) is 3.21. The van der Waals surface area contributed by atoms with Gasteiger partial charge in [0.1, 0.15) is 5.75 Å². The standard InChI is InChI=1S/C18H23F2N5O2S/c1-24(11-13-7-9-15(10-8-13)27-17(19)20)16(26)12-28-18-21-22-23-25(18)14-5-3-2-4-6-14/h7-10,14,17H,2-6,11-12H2,1H3. The Kier molecular flexibility index (Phi) is 7.18. The first-order chi connectivity index (χ1) is 13.5. The summed E-state index contributed by atoms with van der Waals surface area (Å²) in [4.78, 5) is 14.0. The second-order valence-electron chi connectivity index (χ2n) is 6.76. The largest absolute Gasteiger partial charge is 0.435 e. The van der Waals surface area contributed by atoms with E-state index in [1.54, 1.807) is 24.1 Å². The Morgan fingerprint density at radius 3 is 2.68 bits per heavy atom. The van der Waals surface area contributed by atoms with E-state index in [2.05, 4.69) is 20.3 Å². The highest BCUT2D eigenvalue weighted by Gasteiger charge is 2.21. The zero-order chi connectivity index (χ0) is 19.9. The van der Waals surface area contributed by atoms with Gasteiger partial charge < -0.3 is 9.64 Å². The van der Waals surface area contributed by atoms with Gasteiger partial charge in [-0.1, -0.05) is 43.2 Å². The maximum absolute atomic E-state index is 12.4. The maximum Gasteiger partial charge on any atom is 0.387 e. The lowest BCUT2D eigenvalue weighted by atomic mass is 9.96. The van der Waals surface area contributed by atoms with Crippen LogP contribution in [0.4, 0.5) is 8.78 Å². The molecule has 0 N–H and O–H groups in total. The van der Waals surface area contributed by atoms with Crippen molar-refractivity contribution in [2.45, 2.75) is 56.5 Å². The third-order valence-corrected chi connectivity index (χ3v) is 5.62. The average molecular weight is 411 g/mol. The lowest BCUT2D eigenvalue weighted by Crippen LogP contribution is -2.28. The van der Waals surface area contributed by atoms with E-state index < -0.39 is 6.61 Å². The molecule has 1 aliphatic carbocycles. The predicted molar refractivity (Wildman–Crippen MR) is 100 cm³/mol. The summed E-state index contributed by atoms with van der Waals surface area (Å²) in [6.45, 7) is -2.47. The molecule has 1 saturated carbocycles. The van der Waals surface area contributed by atoms with Gasteiger partial charge in [0.15, 0.2) is 0 Å². The number of tetrazole rings is 1. The number of rotatable bonds is 8. The van der Waals surface area contributed by atoms with Crippen LogP contribution in [0.5, 0.6) is 5.75 Å². The van der Waals surface area contributed by atoms with E-state index in [1.165, 1.54) is 43.2 Å². The molecule has 7 nitrogen and oxygen atoms in total. The molecule has 152 valence electrons. The number of ether oxygens (including phenoxy) is 1. The van der Waals surface area contributed by atoms with Gasteiger partial charge in [-0.05, 0) is 41.0 Å². The fraction of sp³-hybridized carbons (Fsp3) is 0.556. The Balaban J connectivity index is 1.50. The van der Waals surface area contributed by atoms with E-state index >= 15 is 0 Å². The minimum Gasteiger partial charge on any atom is -0.435 e. The molecular weight excluding hydrogens is 388 g/mol.